The number of nitrogens with one attached hydrogen (secondary N) is 1. The molecule has 0 aliphatic carbocycles. The smallest absolute Gasteiger partial charge is 0.266 e. The Labute approximate surface area is 212 Å². The molecule has 2 aromatic carbocycles. The fraction of sp³-hybridized carbons (Fsp3) is 0.115. The van der Waals surface area contributed by atoms with E-state index in [0.29, 0.717) is 23.4 Å². The van der Waals surface area contributed by atoms with Crippen molar-refractivity contribution < 1.29 is 22.4 Å². The van der Waals surface area contributed by atoms with Gasteiger partial charge in [0.05, 0.1) is 26.5 Å². The first-order valence-corrected chi connectivity index (χ1v) is 12.5. The summed E-state index contributed by atoms with van der Waals surface area (Å²) in [6.45, 7) is 0.370. The highest BCUT2D eigenvalue weighted by Crippen LogP contribution is 2.34. The minimum atomic E-state index is -4.16. The molecule has 0 fully saturated rings. The third-order valence-corrected chi connectivity index (χ3v) is 6.72. The Morgan fingerprint density at radius 1 is 1.00 bits per heavy atom. The number of benzene rings is 2. The first kappa shape index (κ1) is 23.9. The number of fused-ring (bicyclic) bond motifs is 1. The Kier molecular flexibility index (Phi) is 6.49. The first-order valence-electron chi connectivity index (χ1n) is 11.1. The van der Waals surface area contributed by atoms with Crippen molar-refractivity contribution in [3.05, 3.63) is 89.9 Å². The Bertz CT molecular complexity index is 1720. The van der Waals surface area contributed by atoms with Crippen molar-refractivity contribution in [1.29, 1.82) is 0 Å². The van der Waals surface area contributed by atoms with Crippen molar-refractivity contribution in [2.75, 3.05) is 18.9 Å². The van der Waals surface area contributed by atoms with Gasteiger partial charge in [-0.25, -0.2) is 13.4 Å². The van der Waals surface area contributed by atoms with Crippen LogP contribution in [-0.4, -0.2) is 42.6 Å². The molecule has 0 unspecified atom stereocenters. The molecule has 5 aromatic rings. The summed E-state index contributed by atoms with van der Waals surface area (Å²) in [4.78, 5) is 4.37. The van der Waals surface area contributed by atoms with E-state index in [0.717, 1.165) is 5.56 Å². The minimum Gasteiger partial charge on any atom is -0.495 e. The highest BCUT2D eigenvalue weighted by Gasteiger charge is 2.25. The molecule has 3 heterocycles. The van der Waals surface area contributed by atoms with Crippen molar-refractivity contribution in [2.24, 2.45) is 0 Å². The van der Waals surface area contributed by atoms with Crippen LogP contribution in [0.3, 0.4) is 0 Å². The zero-order chi connectivity index (χ0) is 25.8. The van der Waals surface area contributed by atoms with E-state index in [9.17, 15) is 8.42 Å². The van der Waals surface area contributed by atoms with Crippen LogP contribution in [0.4, 0.5) is 5.82 Å². The molecular formula is C26H21N5O5S. The van der Waals surface area contributed by atoms with Crippen LogP contribution in [0, 0.1) is 11.8 Å². The number of rotatable bonds is 7. The Hall–Kier alpha value is -4.82. The maximum absolute atomic E-state index is 13.4. The number of nitrogens with zero attached hydrogens (tertiary/aromatic N) is 4. The molecule has 1 N–H and O–H groups in total. The van der Waals surface area contributed by atoms with Crippen LogP contribution in [0.5, 0.6) is 11.6 Å². The van der Waals surface area contributed by atoms with Gasteiger partial charge < -0.3 is 14.0 Å². The van der Waals surface area contributed by atoms with Crippen LogP contribution in [0.1, 0.15) is 16.8 Å². The van der Waals surface area contributed by atoms with E-state index < -0.39 is 10.0 Å². The van der Waals surface area contributed by atoms with Gasteiger partial charge in [-0.05, 0) is 36.4 Å². The Balaban J connectivity index is 1.49. The fourth-order valence-electron chi connectivity index (χ4n) is 3.65. The third kappa shape index (κ3) is 5.10. The number of anilines is 1. The van der Waals surface area contributed by atoms with Gasteiger partial charge in [0.1, 0.15) is 16.0 Å². The average Bonchev–Trinajstić information content (AvgIpc) is 3.57. The van der Waals surface area contributed by atoms with E-state index in [1.165, 1.54) is 20.3 Å². The maximum atomic E-state index is 13.4. The second-order valence-electron chi connectivity index (χ2n) is 7.82. The highest BCUT2D eigenvalue weighted by molar-refractivity contribution is 7.92. The molecule has 0 bridgehead atoms. The number of hydrogen-bond donors (Lipinski definition) is 1. The molecule has 11 heteroatoms. The SMILES string of the molecule is COc1ccc(C#Cc2ccccc2)cc1S(=O)(=O)Nc1noc2cc(Cn3cccn3)nc(OC)c12. The van der Waals surface area contributed by atoms with E-state index in [2.05, 4.69) is 31.8 Å². The Morgan fingerprint density at radius 3 is 2.54 bits per heavy atom. The van der Waals surface area contributed by atoms with Gasteiger partial charge >= 0.3 is 0 Å². The second kappa shape index (κ2) is 10.0. The molecule has 37 heavy (non-hydrogen) atoms. The highest BCUT2D eigenvalue weighted by atomic mass is 32.2. The zero-order valence-electron chi connectivity index (χ0n) is 19.9. The monoisotopic (exact) mass is 515 g/mol. The van der Waals surface area contributed by atoms with Gasteiger partial charge in [0.15, 0.2) is 11.4 Å². The standard InChI is InChI=1S/C26H21N5O5S/c1-34-21-12-11-19(10-9-18-7-4-3-5-8-18)15-23(21)37(32,33)30-25-24-22(36-29-25)16-20(28-26(24)35-2)17-31-14-6-13-27-31/h3-8,11-16H,17H2,1-2H3,(H,29,30). The topological polar surface area (TPSA) is 121 Å². The molecule has 0 amide bonds. The van der Waals surface area contributed by atoms with Crippen LogP contribution >= 0.6 is 0 Å². The molecule has 0 atom stereocenters. The van der Waals surface area contributed by atoms with Crippen molar-refractivity contribution in [3.63, 3.8) is 0 Å². The molecule has 0 spiro atoms. The lowest BCUT2D eigenvalue weighted by Gasteiger charge is -2.11. The number of sulfonamides is 1. The number of hydrogen-bond acceptors (Lipinski definition) is 8. The predicted octanol–water partition coefficient (Wildman–Crippen LogP) is 3.69. The second-order valence-corrected chi connectivity index (χ2v) is 9.47. The quantitative estimate of drug-likeness (QED) is 0.326. The largest absolute Gasteiger partial charge is 0.495 e. The van der Waals surface area contributed by atoms with Gasteiger partial charge in [-0.15, -0.1) is 0 Å². The third-order valence-electron chi connectivity index (χ3n) is 5.36. The fourth-order valence-corrected chi connectivity index (χ4v) is 4.85. The number of methoxy groups -OCH3 is 2. The molecule has 0 saturated heterocycles. The van der Waals surface area contributed by atoms with Gasteiger partial charge in [-0.1, -0.05) is 35.2 Å². The van der Waals surface area contributed by atoms with Crippen LogP contribution < -0.4 is 14.2 Å². The summed E-state index contributed by atoms with van der Waals surface area (Å²) < 4.78 is 47.2. The van der Waals surface area contributed by atoms with E-state index in [1.807, 2.05) is 30.3 Å². The van der Waals surface area contributed by atoms with Gasteiger partial charge in [0.2, 0.25) is 5.88 Å². The van der Waals surface area contributed by atoms with E-state index >= 15 is 0 Å². The maximum Gasteiger partial charge on any atom is 0.266 e. The number of ether oxygens (including phenoxy) is 2. The summed E-state index contributed by atoms with van der Waals surface area (Å²) in [6, 6.07) is 17.5. The molecule has 0 aliphatic heterocycles. The van der Waals surface area contributed by atoms with E-state index in [-0.39, 0.29) is 27.7 Å². The zero-order valence-corrected chi connectivity index (χ0v) is 20.7. The summed E-state index contributed by atoms with van der Waals surface area (Å²) >= 11 is 0. The average molecular weight is 516 g/mol. The molecular weight excluding hydrogens is 494 g/mol. The lowest BCUT2D eigenvalue weighted by atomic mass is 10.2. The van der Waals surface area contributed by atoms with Crippen LogP contribution in [0.2, 0.25) is 0 Å². The van der Waals surface area contributed by atoms with Gasteiger partial charge in [0, 0.05) is 29.6 Å². The summed E-state index contributed by atoms with van der Waals surface area (Å²) in [5.41, 5.74) is 2.21. The molecule has 0 saturated carbocycles. The molecule has 5 rings (SSSR count). The lowest BCUT2D eigenvalue weighted by Crippen LogP contribution is -2.15. The number of pyridine rings is 1. The molecule has 3 aromatic heterocycles. The van der Waals surface area contributed by atoms with Gasteiger partial charge in [-0.3, -0.25) is 9.40 Å². The molecule has 10 nitrogen and oxygen atoms in total. The van der Waals surface area contributed by atoms with Crippen molar-refractivity contribution in [1.82, 2.24) is 19.9 Å². The van der Waals surface area contributed by atoms with Gasteiger partial charge in [-0.2, -0.15) is 5.10 Å². The molecule has 0 aliphatic rings. The van der Waals surface area contributed by atoms with Crippen LogP contribution in [0.15, 0.2) is 82.5 Å². The molecule has 0 radical (unpaired) electrons. The molecule has 186 valence electrons. The summed E-state index contributed by atoms with van der Waals surface area (Å²) in [7, 11) is -1.34. The minimum absolute atomic E-state index is 0.0622. The van der Waals surface area contributed by atoms with Crippen LogP contribution in [0.25, 0.3) is 11.0 Å². The van der Waals surface area contributed by atoms with Crippen LogP contribution in [-0.2, 0) is 16.6 Å². The van der Waals surface area contributed by atoms with Gasteiger partial charge in [0.25, 0.3) is 10.0 Å². The number of aromatic nitrogens is 4. The normalized spacial score (nSPS) is 11.1. The Morgan fingerprint density at radius 2 is 1.81 bits per heavy atom. The predicted molar refractivity (Wildman–Crippen MR) is 136 cm³/mol. The van der Waals surface area contributed by atoms with Crippen molar-refractivity contribution in [2.45, 2.75) is 11.4 Å². The van der Waals surface area contributed by atoms with Crippen molar-refractivity contribution >= 4 is 26.8 Å². The van der Waals surface area contributed by atoms with E-state index in [1.54, 1.807) is 41.3 Å². The van der Waals surface area contributed by atoms with Crippen molar-refractivity contribution in [3.8, 4) is 23.5 Å². The summed E-state index contributed by atoms with van der Waals surface area (Å²) in [6.07, 6.45) is 3.46. The van der Waals surface area contributed by atoms with E-state index in [4.69, 9.17) is 14.0 Å². The lowest BCUT2D eigenvalue weighted by molar-refractivity contribution is 0.400. The summed E-state index contributed by atoms with van der Waals surface area (Å²) in [5, 5.41) is 8.38. The summed E-state index contributed by atoms with van der Waals surface area (Å²) in [5.74, 6) is 6.25. The first-order chi connectivity index (χ1) is 18.0.